The first-order valence-corrected chi connectivity index (χ1v) is 4.71. The van der Waals surface area contributed by atoms with Crippen LogP contribution in [0.15, 0.2) is 0 Å². The van der Waals surface area contributed by atoms with Crippen LogP contribution in [0.3, 0.4) is 0 Å². The van der Waals surface area contributed by atoms with Crippen LogP contribution >= 0.6 is 0 Å². The van der Waals surface area contributed by atoms with Gasteiger partial charge >= 0.3 is 0 Å². The van der Waals surface area contributed by atoms with Crippen LogP contribution in [0, 0.1) is 0 Å². The van der Waals surface area contributed by atoms with Crippen LogP contribution in [0.4, 0.5) is 0 Å². The van der Waals surface area contributed by atoms with E-state index >= 15 is 0 Å². The van der Waals surface area contributed by atoms with Gasteiger partial charge in [-0.3, -0.25) is 4.79 Å². The van der Waals surface area contributed by atoms with Gasteiger partial charge in [0, 0.05) is 12.8 Å². The van der Waals surface area contributed by atoms with Crippen LogP contribution in [0.5, 0.6) is 0 Å². The normalized spacial score (nSPS) is 39.0. The van der Waals surface area contributed by atoms with E-state index in [4.69, 9.17) is 0 Å². The smallest absolute Gasteiger partial charge is 0.226 e. The zero-order chi connectivity index (χ0) is 8.77. The lowest BCUT2D eigenvalue weighted by molar-refractivity contribution is -0.922. The van der Waals surface area contributed by atoms with Crippen molar-refractivity contribution in [2.45, 2.75) is 31.3 Å². The van der Waals surface area contributed by atoms with Gasteiger partial charge in [-0.1, -0.05) is 0 Å². The highest BCUT2D eigenvalue weighted by atomic mass is 16.1. The molecule has 2 aliphatic rings. The molecule has 2 aliphatic heterocycles. The molecule has 0 aromatic rings. The molecule has 68 valence electrons. The van der Waals surface area contributed by atoms with Crippen molar-refractivity contribution < 1.29 is 9.28 Å². The Bertz CT molecular complexity index is 213. The first-order chi connectivity index (χ1) is 5.60. The van der Waals surface area contributed by atoms with Crippen molar-refractivity contribution in [1.29, 1.82) is 0 Å². The summed E-state index contributed by atoms with van der Waals surface area (Å²) in [7, 11) is 4.51. The molecule has 1 amide bonds. The van der Waals surface area contributed by atoms with Gasteiger partial charge in [0.1, 0.15) is 6.04 Å². The molecule has 0 aromatic heterocycles. The van der Waals surface area contributed by atoms with Crippen molar-refractivity contribution in [3.8, 4) is 0 Å². The molecule has 2 saturated heterocycles. The fourth-order valence-electron chi connectivity index (χ4n) is 2.54. The summed E-state index contributed by atoms with van der Waals surface area (Å²) in [5.41, 5.74) is 0. The third-order valence-electron chi connectivity index (χ3n) is 3.67. The molecule has 0 aromatic carbocycles. The number of nitrogens with zero attached hydrogens (tertiary/aromatic N) is 1. The molecule has 3 heteroatoms. The van der Waals surface area contributed by atoms with Crippen molar-refractivity contribution >= 4 is 5.91 Å². The third-order valence-corrected chi connectivity index (χ3v) is 3.67. The molecule has 2 fully saturated rings. The minimum atomic E-state index is 0.244. The number of rotatable bonds is 0. The fraction of sp³-hybridized carbons (Fsp3) is 0.889. The van der Waals surface area contributed by atoms with Gasteiger partial charge in [-0.2, -0.15) is 0 Å². The molecule has 0 saturated carbocycles. The zero-order valence-corrected chi connectivity index (χ0v) is 7.84. The molecular weight excluding hydrogens is 152 g/mol. The Morgan fingerprint density at radius 3 is 2.75 bits per heavy atom. The van der Waals surface area contributed by atoms with E-state index in [1.165, 1.54) is 12.8 Å². The van der Waals surface area contributed by atoms with Crippen LogP contribution in [-0.2, 0) is 4.79 Å². The number of carbonyl (C=O) groups is 1. The van der Waals surface area contributed by atoms with Gasteiger partial charge in [-0.25, -0.2) is 0 Å². The quantitative estimate of drug-likeness (QED) is 0.512. The standard InChI is InChI=1S/C9H16N2O/c1-11(2)7-3-4-8(11)6-10-9(12)5-7/h7-8H,3-6H2,1-2H3/p+1. The van der Waals surface area contributed by atoms with E-state index in [1.54, 1.807) is 0 Å². The van der Waals surface area contributed by atoms with Gasteiger partial charge in [0.25, 0.3) is 0 Å². The van der Waals surface area contributed by atoms with Gasteiger partial charge in [-0.05, 0) is 0 Å². The van der Waals surface area contributed by atoms with Crippen molar-refractivity contribution in [3.63, 3.8) is 0 Å². The third kappa shape index (κ3) is 1.04. The summed E-state index contributed by atoms with van der Waals surface area (Å²) in [6, 6.07) is 1.22. The second kappa shape index (κ2) is 2.46. The van der Waals surface area contributed by atoms with E-state index in [9.17, 15) is 4.79 Å². The van der Waals surface area contributed by atoms with E-state index in [1.807, 2.05) is 0 Å². The predicted molar refractivity (Wildman–Crippen MR) is 46.5 cm³/mol. The highest BCUT2D eigenvalue weighted by Crippen LogP contribution is 2.32. The number of hydrogen-bond acceptors (Lipinski definition) is 1. The zero-order valence-electron chi connectivity index (χ0n) is 7.84. The SMILES string of the molecule is C[N+]1(C)C2CCC1CC(=O)NC2. The van der Waals surface area contributed by atoms with Crippen molar-refractivity contribution in [1.82, 2.24) is 5.32 Å². The summed E-state index contributed by atoms with van der Waals surface area (Å²) in [6.07, 6.45) is 3.23. The average molecular weight is 169 g/mol. The lowest BCUT2D eigenvalue weighted by Crippen LogP contribution is -2.50. The summed E-state index contributed by atoms with van der Waals surface area (Å²) < 4.78 is 1.04. The predicted octanol–water partition coefficient (Wildman–Crippen LogP) is 0.114. The van der Waals surface area contributed by atoms with E-state index < -0.39 is 0 Å². The molecule has 2 unspecified atom stereocenters. The van der Waals surface area contributed by atoms with Gasteiger partial charge in [0.15, 0.2) is 0 Å². The summed E-state index contributed by atoms with van der Waals surface area (Å²) in [4.78, 5) is 11.2. The van der Waals surface area contributed by atoms with Crippen LogP contribution in [-0.4, -0.2) is 43.1 Å². The number of carbonyl (C=O) groups excluding carboxylic acids is 1. The Kier molecular flexibility index (Phi) is 1.65. The van der Waals surface area contributed by atoms with Gasteiger partial charge in [-0.15, -0.1) is 0 Å². The van der Waals surface area contributed by atoms with Crippen LogP contribution in [0.25, 0.3) is 0 Å². The lowest BCUT2D eigenvalue weighted by atomic mass is 10.1. The number of likely N-dealkylation sites (N-methyl/N-ethyl adjacent to an activating group) is 1. The maximum absolute atomic E-state index is 11.2. The highest BCUT2D eigenvalue weighted by Gasteiger charge is 2.45. The summed E-state index contributed by atoms with van der Waals surface area (Å²) in [5.74, 6) is 0.244. The Hall–Kier alpha value is -0.570. The maximum atomic E-state index is 11.2. The molecule has 2 atom stereocenters. The number of fused-ring (bicyclic) bond motifs is 2. The highest BCUT2D eigenvalue weighted by molar-refractivity contribution is 5.76. The van der Waals surface area contributed by atoms with Crippen molar-refractivity contribution in [3.05, 3.63) is 0 Å². The van der Waals surface area contributed by atoms with E-state index in [-0.39, 0.29) is 5.91 Å². The minimum absolute atomic E-state index is 0.244. The molecule has 0 radical (unpaired) electrons. The summed E-state index contributed by atoms with van der Waals surface area (Å²) in [5, 5.41) is 2.98. The fourth-order valence-corrected chi connectivity index (χ4v) is 2.54. The van der Waals surface area contributed by atoms with E-state index in [0.29, 0.717) is 12.1 Å². The molecular formula is C9H17N2O+. The number of amides is 1. The minimum Gasteiger partial charge on any atom is -0.350 e. The number of nitrogens with one attached hydrogen (secondary N) is 1. The molecule has 0 aliphatic carbocycles. The van der Waals surface area contributed by atoms with Gasteiger partial charge < -0.3 is 9.80 Å². The molecule has 2 heterocycles. The molecule has 2 rings (SSSR count). The molecule has 1 N–H and O–H groups in total. The van der Waals surface area contributed by atoms with Gasteiger partial charge in [0.2, 0.25) is 5.91 Å². The summed E-state index contributed by atoms with van der Waals surface area (Å²) >= 11 is 0. The van der Waals surface area contributed by atoms with Crippen LogP contribution in [0.1, 0.15) is 19.3 Å². The Labute approximate surface area is 73.3 Å². The maximum Gasteiger partial charge on any atom is 0.226 e. The molecule has 2 bridgehead atoms. The molecule has 3 nitrogen and oxygen atoms in total. The number of quaternary nitrogens is 1. The van der Waals surface area contributed by atoms with Gasteiger partial charge in [0.05, 0.1) is 33.1 Å². The second-order valence-electron chi connectivity index (χ2n) is 4.52. The summed E-state index contributed by atoms with van der Waals surface area (Å²) in [6.45, 7) is 0.877. The van der Waals surface area contributed by atoms with Crippen molar-refractivity contribution in [2.75, 3.05) is 20.6 Å². The largest absolute Gasteiger partial charge is 0.350 e. The topological polar surface area (TPSA) is 29.1 Å². The second-order valence-corrected chi connectivity index (χ2v) is 4.52. The average Bonchev–Trinajstić information content (AvgIpc) is 2.15. The Balaban J connectivity index is 2.23. The van der Waals surface area contributed by atoms with Crippen molar-refractivity contribution in [2.24, 2.45) is 0 Å². The first kappa shape index (κ1) is 8.05. The number of hydrogen-bond donors (Lipinski definition) is 1. The molecule has 0 spiro atoms. The van der Waals surface area contributed by atoms with Crippen LogP contribution in [0.2, 0.25) is 0 Å². The molecule has 12 heavy (non-hydrogen) atoms. The van der Waals surface area contributed by atoms with E-state index in [0.717, 1.165) is 17.4 Å². The first-order valence-electron chi connectivity index (χ1n) is 4.71. The Morgan fingerprint density at radius 2 is 2.00 bits per heavy atom. The van der Waals surface area contributed by atoms with E-state index in [2.05, 4.69) is 19.4 Å². The van der Waals surface area contributed by atoms with Crippen LogP contribution < -0.4 is 5.32 Å². The monoisotopic (exact) mass is 169 g/mol. The Morgan fingerprint density at radius 1 is 1.33 bits per heavy atom. The lowest BCUT2D eigenvalue weighted by Gasteiger charge is -2.34.